The van der Waals surface area contributed by atoms with Crippen molar-refractivity contribution in [3.63, 3.8) is 0 Å². The lowest BCUT2D eigenvalue weighted by Gasteiger charge is -2.00. The summed E-state index contributed by atoms with van der Waals surface area (Å²) in [5, 5.41) is 0.613. The van der Waals surface area contributed by atoms with Crippen LogP contribution in [0.3, 0.4) is 0 Å². The van der Waals surface area contributed by atoms with Gasteiger partial charge in [0.2, 0.25) is 5.91 Å². The molecule has 1 aromatic heterocycles. The summed E-state index contributed by atoms with van der Waals surface area (Å²) in [4.78, 5) is 15.0. The van der Waals surface area contributed by atoms with Gasteiger partial charge in [-0.3, -0.25) is 10.2 Å². The predicted octanol–water partition coefficient (Wildman–Crippen LogP) is 1.29. The first-order chi connectivity index (χ1) is 7.63. The molecule has 0 aromatic carbocycles. The molecule has 16 heavy (non-hydrogen) atoms. The van der Waals surface area contributed by atoms with Crippen LogP contribution in [0.5, 0.6) is 0 Å². The van der Waals surface area contributed by atoms with Crippen molar-refractivity contribution in [1.29, 1.82) is 0 Å². The number of aromatic nitrogens is 1. The number of nitrogens with zero attached hydrogens (tertiary/aromatic N) is 1. The number of rotatable bonds is 6. The maximum Gasteiger partial charge on any atom is 0.233 e. The fraction of sp³-hybridized carbons (Fsp3) is 0.556. The van der Waals surface area contributed by atoms with Crippen LogP contribution in [-0.4, -0.2) is 16.6 Å². The molecule has 0 fully saturated rings. The predicted molar refractivity (Wildman–Crippen MR) is 68.2 cm³/mol. The van der Waals surface area contributed by atoms with Crippen LogP contribution in [0.4, 0.5) is 5.13 Å². The summed E-state index contributed by atoms with van der Waals surface area (Å²) in [6, 6.07) is 0. The third-order valence-corrected chi connectivity index (χ3v) is 4.40. The molecule has 1 heterocycles. The van der Waals surface area contributed by atoms with E-state index in [1.165, 1.54) is 15.5 Å². The molecule has 5 N–H and O–H groups in total. The average Bonchev–Trinajstić information content (AvgIpc) is 2.56. The second kappa shape index (κ2) is 6.72. The highest BCUT2D eigenvalue weighted by Crippen LogP contribution is 2.30. The molecule has 0 bridgehead atoms. The maximum absolute atomic E-state index is 10.8. The monoisotopic (exact) mass is 260 g/mol. The van der Waals surface area contributed by atoms with E-state index in [9.17, 15) is 4.79 Å². The Morgan fingerprint density at radius 2 is 2.31 bits per heavy atom. The van der Waals surface area contributed by atoms with E-state index in [0.29, 0.717) is 11.6 Å². The lowest BCUT2D eigenvalue weighted by atomic mass is 10.2. The highest BCUT2D eigenvalue weighted by atomic mass is 32.2. The molecule has 1 amide bonds. The first-order valence-electron chi connectivity index (χ1n) is 4.98. The summed E-state index contributed by atoms with van der Waals surface area (Å²) < 4.78 is 1.17. The molecule has 7 heteroatoms. The Balaban J connectivity index is 2.16. The van der Waals surface area contributed by atoms with Gasteiger partial charge in [-0.25, -0.2) is 10.8 Å². The number of hydrogen-bond acceptors (Lipinski definition) is 6. The van der Waals surface area contributed by atoms with Crippen LogP contribution in [0.2, 0.25) is 0 Å². The molecule has 1 aromatic rings. The number of thioether (sulfide) groups is 1. The van der Waals surface area contributed by atoms with Crippen LogP contribution in [0, 0.1) is 6.92 Å². The number of anilines is 1. The standard InChI is InChI=1S/C9H16N4OS2/c1-6-8(16-9(10)12-6)15-5-3-2-4-7(14)13-11/h2-5,11H2,1H3,(H2,10,12)(H,13,14). The van der Waals surface area contributed by atoms with Gasteiger partial charge in [-0.1, -0.05) is 11.3 Å². The second-order valence-corrected chi connectivity index (χ2v) is 5.69. The molecule has 0 aliphatic carbocycles. The molecule has 0 saturated heterocycles. The Kier molecular flexibility index (Phi) is 5.58. The number of amides is 1. The van der Waals surface area contributed by atoms with Crippen LogP contribution in [-0.2, 0) is 4.79 Å². The molecular formula is C9H16N4OS2. The van der Waals surface area contributed by atoms with Gasteiger partial charge in [-0.15, -0.1) is 11.8 Å². The first-order valence-corrected chi connectivity index (χ1v) is 6.79. The molecule has 0 aliphatic heterocycles. The van der Waals surface area contributed by atoms with Gasteiger partial charge < -0.3 is 5.73 Å². The molecule has 0 aliphatic rings. The van der Waals surface area contributed by atoms with Crippen molar-refractivity contribution in [2.75, 3.05) is 11.5 Å². The van der Waals surface area contributed by atoms with E-state index in [2.05, 4.69) is 10.4 Å². The van der Waals surface area contributed by atoms with Crippen LogP contribution < -0.4 is 17.0 Å². The van der Waals surface area contributed by atoms with Crippen LogP contribution in [0.15, 0.2) is 4.21 Å². The van der Waals surface area contributed by atoms with Crippen LogP contribution >= 0.6 is 23.1 Å². The lowest BCUT2D eigenvalue weighted by molar-refractivity contribution is -0.121. The van der Waals surface area contributed by atoms with Gasteiger partial charge in [-0.2, -0.15) is 0 Å². The normalized spacial score (nSPS) is 10.4. The number of hydrogen-bond donors (Lipinski definition) is 3. The number of hydrazine groups is 1. The molecular weight excluding hydrogens is 244 g/mol. The van der Waals surface area contributed by atoms with E-state index < -0.39 is 0 Å². The highest BCUT2D eigenvalue weighted by molar-refractivity contribution is 8.01. The summed E-state index contributed by atoms with van der Waals surface area (Å²) >= 11 is 3.25. The van der Waals surface area contributed by atoms with Gasteiger partial charge in [0, 0.05) is 6.42 Å². The minimum atomic E-state index is -0.108. The van der Waals surface area contributed by atoms with Crippen molar-refractivity contribution in [3.05, 3.63) is 5.69 Å². The number of carbonyl (C=O) groups is 1. The van der Waals surface area contributed by atoms with Gasteiger partial charge in [-0.05, 0) is 25.5 Å². The van der Waals surface area contributed by atoms with E-state index >= 15 is 0 Å². The van der Waals surface area contributed by atoms with E-state index in [4.69, 9.17) is 11.6 Å². The molecule has 5 nitrogen and oxygen atoms in total. The summed E-state index contributed by atoms with van der Waals surface area (Å²) in [7, 11) is 0. The average molecular weight is 260 g/mol. The number of thiazole rings is 1. The summed E-state index contributed by atoms with van der Waals surface area (Å²) in [6.45, 7) is 1.96. The van der Waals surface area contributed by atoms with Crippen molar-refractivity contribution >= 4 is 34.1 Å². The Bertz CT molecular complexity index is 353. The summed E-state index contributed by atoms with van der Waals surface area (Å²) in [6.07, 6.45) is 2.32. The number of carbonyl (C=O) groups excluding carboxylic acids is 1. The first kappa shape index (κ1) is 13.3. The Morgan fingerprint density at radius 1 is 1.56 bits per heavy atom. The smallest absolute Gasteiger partial charge is 0.233 e. The number of aryl methyl sites for hydroxylation is 1. The molecule has 0 atom stereocenters. The van der Waals surface area contributed by atoms with Gasteiger partial charge in [0.1, 0.15) is 0 Å². The van der Waals surface area contributed by atoms with Crippen molar-refractivity contribution in [3.8, 4) is 0 Å². The molecule has 0 radical (unpaired) electrons. The summed E-state index contributed by atoms with van der Waals surface area (Å²) in [5.74, 6) is 5.84. The van der Waals surface area contributed by atoms with Gasteiger partial charge >= 0.3 is 0 Å². The topological polar surface area (TPSA) is 94.0 Å². The van der Waals surface area contributed by atoms with Crippen LogP contribution in [0.25, 0.3) is 0 Å². The molecule has 90 valence electrons. The SMILES string of the molecule is Cc1nc(N)sc1SCCCCC(=O)NN. The zero-order valence-electron chi connectivity index (χ0n) is 9.16. The van der Waals surface area contributed by atoms with Gasteiger partial charge in [0.25, 0.3) is 0 Å². The Hall–Kier alpha value is -0.790. The minimum absolute atomic E-state index is 0.108. The zero-order valence-corrected chi connectivity index (χ0v) is 10.8. The van der Waals surface area contributed by atoms with Crippen molar-refractivity contribution in [2.24, 2.45) is 5.84 Å². The van der Waals surface area contributed by atoms with E-state index in [1.54, 1.807) is 11.8 Å². The quantitative estimate of drug-likeness (QED) is 0.235. The fourth-order valence-electron chi connectivity index (χ4n) is 1.16. The summed E-state index contributed by atoms with van der Waals surface area (Å²) in [5.41, 5.74) is 8.70. The van der Waals surface area contributed by atoms with Gasteiger partial charge in [0.05, 0.1) is 9.90 Å². The number of unbranched alkanes of at least 4 members (excludes halogenated alkanes) is 1. The third kappa shape index (κ3) is 4.38. The van der Waals surface area contributed by atoms with Crippen molar-refractivity contribution in [2.45, 2.75) is 30.4 Å². The third-order valence-electron chi connectivity index (χ3n) is 1.96. The number of nitrogens with one attached hydrogen (secondary N) is 1. The molecule has 0 spiro atoms. The van der Waals surface area contributed by atoms with E-state index in [1.807, 2.05) is 6.92 Å². The largest absolute Gasteiger partial charge is 0.375 e. The Morgan fingerprint density at radius 3 is 2.88 bits per heavy atom. The number of nitrogen functional groups attached to an aromatic ring is 1. The van der Waals surface area contributed by atoms with E-state index in [0.717, 1.165) is 24.3 Å². The van der Waals surface area contributed by atoms with E-state index in [-0.39, 0.29) is 5.91 Å². The van der Waals surface area contributed by atoms with Crippen molar-refractivity contribution in [1.82, 2.24) is 10.4 Å². The number of nitrogens with two attached hydrogens (primary N) is 2. The zero-order chi connectivity index (χ0) is 12.0. The van der Waals surface area contributed by atoms with Gasteiger partial charge in [0.15, 0.2) is 5.13 Å². The fourth-order valence-corrected chi connectivity index (χ4v) is 3.26. The molecule has 1 rings (SSSR count). The molecule has 0 unspecified atom stereocenters. The highest BCUT2D eigenvalue weighted by Gasteiger charge is 2.05. The lowest BCUT2D eigenvalue weighted by Crippen LogP contribution is -2.29. The molecule has 0 saturated carbocycles. The second-order valence-electron chi connectivity index (χ2n) is 3.30. The Labute approximate surface area is 103 Å². The van der Waals surface area contributed by atoms with Crippen LogP contribution in [0.1, 0.15) is 25.0 Å². The maximum atomic E-state index is 10.8. The van der Waals surface area contributed by atoms with Crippen molar-refractivity contribution < 1.29 is 4.79 Å². The minimum Gasteiger partial charge on any atom is -0.375 e.